The number of unbranched alkanes of at least 4 members (excludes halogenated alkanes) is 14. The van der Waals surface area contributed by atoms with Crippen LogP contribution in [0.4, 0.5) is 0 Å². The summed E-state index contributed by atoms with van der Waals surface area (Å²) in [7, 11) is 0. The van der Waals surface area contributed by atoms with Gasteiger partial charge in [0.1, 0.15) is 0 Å². The van der Waals surface area contributed by atoms with Crippen molar-refractivity contribution in [2.75, 3.05) is 0 Å². The van der Waals surface area contributed by atoms with Gasteiger partial charge in [-0.3, -0.25) is 9.59 Å². The Labute approximate surface area is 193 Å². The van der Waals surface area contributed by atoms with Gasteiger partial charge in [0.2, 0.25) is 0 Å². The first kappa shape index (κ1) is 26.2. The van der Waals surface area contributed by atoms with Gasteiger partial charge in [0.15, 0.2) is 28.7 Å². The van der Waals surface area contributed by atoms with Gasteiger partial charge in [0.25, 0.3) is 0 Å². The highest BCUT2D eigenvalue weighted by atomic mass is 16.4. The largest absolute Gasteiger partial charge is 0.504 e. The summed E-state index contributed by atoms with van der Waals surface area (Å²) in [4.78, 5) is 24.3. The molecule has 32 heavy (non-hydrogen) atoms. The lowest BCUT2D eigenvalue weighted by atomic mass is 10.00. The molecule has 1 heterocycles. The molecule has 4 nitrogen and oxygen atoms in total. The van der Waals surface area contributed by atoms with Gasteiger partial charge in [-0.2, -0.15) is 0 Å². The van der Waals surface area contributed by atoms with Crippen molar-refractivity contribution in [3.05, 3.63) is 29.5 Å². The number of fused-ring (bicyclic) bond motifs is 1. The molecule has 4 heteroatoms. The SMILES string of the molecule is CCCCCCCCCCCCCCCCCC(=O)c1ccc(O)c2oc(C(C)=O)cc12. The molecule has 1 aromatic heterocycles. The summed E-state index contributed by atoms with van der Waals surface area (Å²) < 4.78 is 5.43. The fourth-order valence-electron chi connectivity index (χ4n) is 4.32. The number of Topliss-reactive ketones (excluding diaryl/α,β-unsaturated/α-hetero) is 2. The summed E-state index contributed by atoms with van der Waals surface area (Å²) >= 11 is 0. The van der Waals surface area contributed by atoms with Crippen molar-refractivity contribution in [2.45, 2.75) is 117 Å². The quantitative estimate of drug-likeness (QED) is 0.185. The second-order valence-electron chi connectivity index (χ2n) is 9.16. The summed E-state index contributed by atoms with van der Waals surface area (Å²) in [6, 6.07) is 4.66. The molecule has 0 amide bonds. The number of carbonyl (C=O) groups is 2. The summed E-state index contributed by atoms with van der Waals surface area (Å²) in [5.41, 5.74) is 0.747. The average molecular weight is 443 g/mol. The third-order valence-electron chi connectivity index (χ3n) is 6.32. The molecule has 0 saturated heterocycles. The number of furan rings is 1. The van der Waals surface area contributed by atoms with Crippen molar-refractivity contribution in [2.24, 2.45) is 0 Å². The normalized spacial score (nSPS) is 11.3. The highest BCUT2D eigenvalue weighted by molar-refractivity contribution is 6.10. The lowest BCUT2D eigenvalue weighted by Gasteiger charge is -2.05. The molecule has 2 aromatic rings. The van der Waals surface area contributed by atoms with Crippen LogP contribution in [0.15, 0.2) is 22.6 Å². The Morgan fingerprint density at radius 3 is 1.78 bits per heavy atom. The van der Waals surface area contributed by atoms with Crippen molar-refractivity contribution in [3.8, 4) is 5.75 Å². The van der Waals surface area contributed by atoms with E-state index in [-0.39, 0.29) is 28.7 Å². The molecule has 178 valence electrons. The minimum atomic E-state index is -0.221. The van der Waals surface area contributed by atoms with Crippen LogP contribution in [0.3, 0.4) is 0 Å². The van der Waals surface area contributed by atoms with Crippen molar-refractivity contribution < 1.29 is 19.1 Å². The molecule has 1 aromatic carbocycles. The Balaban J connectivity index is 1.55. The predicted molar refractivity (Wildman–Crippen MR) is 132 cm³/mol. The number of benzene rings is 1. The van der Waals surface area contributed by atoms with E-state index in [2.05, 4.69) is 6.92 Å². The summed E-state index contributed by atoms with van der Waals surface area (Å²) in [5.74, 6) is -0.0550. The zero-order valence-corrected chi connectivity index (χ0v) is 20.2. The zero-order valence-electron chi connectivity index (χ0n) is 20.2. The molecular weight excluding hydrogens is 400 g/mol. The monoisotopic (exact) mass is 442 g/mol. The Morgan fingerprint density at radius 2 is 1.28 bits per heavy atom. The molecule has 0 spiro atoms. The van der Waals surface area contributed by atoms with Crippen molar-refractivity contribution in [1.29, 1.82) is 0 Å². The lowest BCUT2D eigenvalue weighted by Crippen LogP contribution is -1.99. The fourth-order valence-corrected chi connectivity index (χ4v) is 4.32. The highest BCUT2D eigenvalue weighted by Crippen LogP contribution is 2.32. The lowest BCUT2D eigenvalue weighted by molar-refractivity contribution is 0.0976. The third-order valence-corrected chi connectivity index (χ3v) is 6.32. The van der Waals surface area contributed by atoms with E-state index in [4.69, 9.17) is 4.42 Å². The summed E-state index contributed by atoms with van der Waals surface area (Å²) in [6.45, 7) is 3.67. The first-order valence-electron chi connectivity index (χ1n) is 12.8. The minimum absolute atomic E-state index is 0.0422. The van der Waals surface area contributed by atoms with E-state index in [1.54, 1.807) is 12.1 Å². The average Bonchev–Trinajstić information content (AvgIpc) is 3.23. The number of phenols is 1. The first-order valence-corrected chi connectivity index (χ1v) is 12.8. The molecule has 0 atom stereocenters. The molecule has 1 N–H and O–H groups in total. The maximum atomic E-state index is 12.7. The van der Waals surface area contributed by atoms with Crippen LogP contribution in [-0.4, -0.2) is 16.7 Å². The predicted octanol–water partition coefficient (Wildman–Crippen LogP) is 8.79. The van der Waals surface area contributed by atoms with Gasteiger partial charge in [-0.25, -0.2) is 0 Å². The summed E-state index contributed by atoms with van der Waals surface area (Å²) in [5, 5.41) is 10.5. The standard InChI is InChI=1S/C28H42O4/c1-3-4-5-6-7-8-9-10-11-12-13-14-15-16-17-18-25(30)23-19-20-26(31)28-24(23)21-27(32-28)22(2)29/h19-21,31H,3-18H2,1-2H3. The molecule has 0 unspecified atom stereocenters. The second-order valence-corrected chi connectivity index (χ2v) is 9.16. The van der Waals surface area contributed by atoms with Gasteiger partial charge < -0.3 is 9.52 Å². The van der Waals surface area contributed by atoms with E-state index in [0.29, 0.717) is 17.4 Å². The van der Waals surface area contributed by atoms with E-state index in [0.717, 1.165) is 12.8 Å². The van der Waals surface area contributed by atoms with Crippen LogP contribution in [0.1, 0.15) is 137 Å². The molecule has 0 aliphatic carbocycles. The Bertz CT molecular complexity index is 833. The Kier molecular flexibility index (Phi) is 12.2. The number of hydrogen-bond donors (Lipinski definition) is 1. The van der Waals surface area contributed by atoms with Crippen LogP contribution in [0.2, 0.25) is 0 Å². The van der Waals surface area contributed by atoms with Gasteiger partial charge in [-0.15, -0.1) is 0 Å². The number of rotatable bonds is 18. The topological polar surface area (TPSA) is 67.5 Å². The Morgan fingerprint density at radius 1 is 0.781 bits per heavy atom. The first-order chi connectivity index (χ1) is 15.5. The van der Waals surface area contributed by atoms with Crippen LogP contribution >= 0.6 is 0 Å². The van der Waals surface area contributed by atoms with Crippen LogP contribution in [0, 0.1) is 0 Å². The van der Waals surface area contributed by atoms with Crippen molar-refractivity contribution in [3.63, 3.8) is 0 Å². The molecule has 0 bridgehead atoms. The number of carbonyl (C=O) groups excluding carboxylic acids is 2. The van der Waals surface area contributed by atoms with Crippen LogP contribution in [0.25, 0.3) is 11.0 Å². The van der Waals surface area contributed by atoms with Gasteiger partial charge in [-0.05, 0) is 24.6 Å². The van der Waals surface area contributed by atoms with Gasteiger partial charge in [0, 0.05) is 24.3 Å². The molecular formula is C28H42O4. The van der Waals surface area contributed by atoms with Crippen LogP contribution < -0.4 is 0 Å². The van der Waals surface area contributed by atoms with Gasteiger partial charge in [-0.1, -0.05) is 96.8 Å². The number of ketones is 2. The number of hydrogen-bond acceptors (Lipinski definition) is 4. The smallest absolute Gasteiger partial charge is 0.194 e. The summed E-state index contributed by atoms with van der Waals surface area (Å²) in [6.07, 6.45) is 20.0. The fraction of sp³-hybridized carbons (Fsp3) is 0.643. The minimum Gasteiger partial charge on any atom is -0.504 e. The van der Waals surface area contributed by atoms with E-state index in [1.807, 2.05) is 0 Å². The number of aromatic hydroxyl groups is 1. The molecule has 0 radical (unpaired) electrons. The molecule has 0 aliphatic rings. The molecule has 0 fully saturated rings. The maximum absolute atomic E-state index is 12.7. The van der Waals surface area contributed by atoms with E-state index in [1.165, 1.54) is 96.5 Å². The second kappa shape index (κ2) is 14.9. The van der Waals surface area contributed by atoms with Crippen LogP contribution in [-0.2, 0) is 0 Å². The van der Waals surface area contributed by atoms with E-state index >= 15 is 0 Å². The highest BCUT2D eigenvalue weighted by Gasteiger charge is 2.18. The third kappa shape index (κ3) is 8.80. The van der Waals surface area contributed by atoms with Crippen molar-refractivity contribution in [1.82, 2.24) is 0 Å². The molecule has 0 saturated carbocycles. The van der Waals surface area contributed by atoms with Gasteiger partial charge >= 0.3 is 0 Å². The maximum Gasteiger partial charge on any atom is 0.194 e. The molecule has 2 rings (SSSR count). The van der Waals surface area contributed by atoms with E-state index < -0.39 is 0 Å². The van der Waals surface area contributed by atoms with Gasteiger partial charge in [0.05, 0.1) is 0 Å². The van der Waals surface area contributed by atoms with Crippen molar-refractivity contribution >= 4 is 22.5 Å². The van der Waals surface area contributed by atoms with Crippen LogP contribution in [0.5, 0.6) is 5.75 Å². The van der Waals surface area contributed by atoms with E-state index in [9.17, 15) is 14.7 Å². The zero-order chi connectivity index (χ0) is 23.2. The molecule has 0 aliphatic heterocycles. The number of phenolic OH excluding ortho intramolecular Hbond substituents is 1. The Hall–Kier alpha value is -2.10.